The molecule has 4 heteroatoms. The predicted octanol–water partition coefficient (Wildman–Crippen LogP) is -0.0573. The van der Waals surface area contributed by atoms with E-state index in [-0.39, 0.29) is 12.0 Å². The molecule has 0 aromatic heterocycles. The van der Waals surface area contributed by atoms with Crippen molar-refractivity contribution in [1.82, 2.24) is 0 Å². The number of rotatable bonds is 1. The fraction of sp³-hybridized carbons (Fsp3) is 0.333. The first-order valence-corrected chi connectivity index (χ1v) is 2.73. The zero-order chi connectivity index (χ0) is 7.72. The van der Waals surface area contributed by atoms with Crippen LogP contribution in [0, 0.1) is 0 Å². The first kappa shape index (κ1) is 6.80. The van der Waals surface area contributed by atoms with Gasteiger partial charge in [-0.3, -0.25) is 0 Å². The Morgan fingerprint density at radius 3 is 2.60 bits per heavy atom. The van der Waals surface area contributed by atoms with Crippen molar-refractivity contribution in [3.05, 3.63) is 12.2 Å². The van der Waals surface area contributed by atoms with Crippen molar-refractivity contribution in [3.63, 3.8) is 0 Å². The second kappa shape index (κ2) is 2.13. The van der Waals surface area contributed by atoms with Gasteiger partial charge in [0.25, 0.3) is 0 Å². The highest BCUT2D eigenvalue weighted by Crippen LogP contribution is 2.17. The van der Waals surface area contributed by atoms with Gasteiger partial charge in [-0.2, -0.15) is 0 Å². The minimum Gasteiger partial charge on any atom is -0.478 e. The number of carboxylic acids is 1. The summed E-state index contributed by atoms with van der Waals surface area (Å²) < 4.78 is 4.40. The van der Waals surface area contributed by atoms with E-state index in [1.54, 1.807) is 0 Å². The molecular weight excluding hydrogens is 136 g/mol. The van der Waals surface area contributed by atoms with Gasteiger partial charge < -0.3 is 9.84 Å². The lowest BCUT2D eigenvalue weighted by molar-refractivity contribution is -0.156. The molecule has 0 radical (unpaired) electrons. The predicted molar refractivity (Wildman–Crippen MR) is 31.3 cm³/mol. The van der Waals surface area contributed by atoms with Crippen molar-refractivity contribution in [2.75, 3.05) is 0 Å². The quantitative estimate of drug-likeness (QED) is 0.411. The summed E-state index contributed by atoms with van der Waals surface area (Å²) in [5, 5.41) is 8.33. The lowest BCUT2D eigenvalue weighted by Gasteiger charge is -1.98. The molecule has 10 heavy (non-hydrogen) atoms. The monoisotopic (exact) mass is 142 g/mol. The molecule has 0 bridgehead atoms. The number of aliphatic carboxylic acids is 1. The maximum Gasteiger partial charge on any atom is 0.345 e. The van der Waals surface area contributed by atoms with Gasteiger partial charge in [-0.05, 0) is 0 Å². The lowest BCUT2D eigenvalue weighted by atomic mass is 10.2. The Hall–Kier alpha value is -1.32. The van der Waals surface area contributed by atoms with Gasteiger partial charge in [0, 0.05) is 12.0 Å². The Labute approximate surface area is 57.1 Å². The van der Waals surface area contributed by atoms with E-state index in [0.717, 1.165) is 0 Å². The number of carboxylic acid groups (broad SMARTS) is 1. The number of carbonyl (C=O) groups is 2. The van der Waals surface area contributed by atoms with Crippen molar-refractivity contribution in [2.24, 2.45) is 0 Å². The van der Waals surface area contributed by atoms with E-state index in [0.29, 0.717) is 0 Å². The molecule has 1 aliphatic heterocycles. The van der Waals surface area contributed by atoms with E-state index in [9.17, 15) is 9.59 Å². The standard InChI is InChI=1S/C6H6O4/c1-3-2-4(5(7)8)10-6(3)9/h4H,1-2H2,(H,7,8). The summed E-state index contributed by atoms with van der Waals surface area (Å²) in [7, 11) is 0. The van der Waals surface area contributed by atoms with Gasteiger partial charge in [0.15, 0.2) is 0 Å². The molecule has 0 saturated carbocycles. The first-order chi connectivity index (χ1) is 4.61. The molecular formula is C6H6O4. The van der Waals surface area contributed by atoms with Crippen LogP contribution in [-0.4, -0.2) is 23.1 Å². The molecule has 0 aliphatic carbocycles. The molecule has 1 saturated heterocycles. The van der Waals surface area contributed by atoms with E-state index in [2.05, 4.69) is 11.3 Å². The highest BCUT2D eigenvalue weighted by molar-refractivity contribution is 5.94. The second-order valence-electron chi connectivity index (χ2n) is 2.04. The van der Waals surface area contributed by atoms with Gasteiger partial charge in [0.05, 0.1) is 0 Å². The third-order valence-electron chi connectivity index (χ3n) is 1.25. The van der Waals surface area contributed by atoms with Gasteiger partial charge in [0.1, 0.15) is 0 Å². The molecule has 0 amide bonds. The van der Waals surface area contributed by atoms with Crippen molar-refractivity contribution in [1.29, 1.82) is 0 Å². The Morgan fingerprint density at radius 1 is 1.80 bits per heavy atom. The molecule has 0 aromatic carbocycles. The molecule has 1 rings (SSSR count). The Kier molecular flexibility index (Phi) is 1.45. The molecule has 1 N–H and O–H groups in total. The van der Waals surface area contributed by atoms with E-state index < -0.39 is 18.0 Å². The van der Waals surface area contributed by atoms with Gasteiger partial charge in [-0.15, -0.1) is 0 Å². The summed E-state index contributed by atoms with van der Waals surface area (Å²) in [4.78, 5) is 20.7. The van der Waals surface area contributed by atoms with Gasteiger partial charge in [-0.25, -0.2) is 9.59 Å². The Balaban J connectivity index is 2.66. The average molecular weight is 142 g/mol. The summed E-state index contributed by atoms with van der Waals surface area (Å²) in [5.74, 6) is -1.72. The molecule has 1 atom stereocenters. The van der Waals surface area contributed by atoms with Crippen molar-refractivity contribution in [2.45, 2.75) is 12.5 Å². The number of hydrogen-bond acceptors (Lipinski definition) is 3. The van der Waals surface area contributed by atoms with Crippen LogP contribution in [0.15, 0.2) is 12.2 Å². The summed E-state index contributed by atoms with van der Waals surface area (Å²) in [6.07, 6.45) is -0.909. The van der Waals surface area contributed by atoms with Crippen LogP contribution in [0.4, 0.5) is 0 Å². The normalized spacial score (nSPS) is 24.6. The highest BCUT2D eigenvalue weighted by atomic mass is 16.6. The number of esters is 1. The maximum absolute atomic E-state index is 10.5. The second-order valence-corrected chi connectivity index (χ2v) is 2.04. The fourth-order valence-corrected chi connectivity index (χ4v) is 0.699. The third-order valence-corrected chi connectivity index (χ3v) is 1.25. The van der Waals surface area contributed by atoms with E-state index in [4.69, 9.17) is 5.11 Å². The van der Waals surface area contributed by atoms with Crippen LogP contribution >= 0.6 is 0 Å². The van der Waals surface area contributed by atoms with Gasteiger partial charge in [0.2, 0.25) is 6.10 Å². The molecule has 1 heterocycles. The minimum atomic E-state index is -1.12. The van der Waals surface area contributed by atoms with E-state index >= 15 is 0 Å². The van der Waals surface area contributed by atoms with Crippen LogP contribution in [-0.2, 0) is 14.3 Å². The largest absolute Gasteiger partial charge is 0.478 e. The molecule has 0 spiro atoms. The van der Waals surface area contributed by atoms with Gasteiger partial charge >= 0.3 is 11.9 Å². The molecule has 54 valence electrons. The lowest BCUT2D eigenvalue weighted by Crippen LogP contribution is -2.18. The fourth-order valence-electron chi connectivity index (χ4n) is 0.699. The summed E-state index contributed by atoms with van der Waals surface area (Å²) in [5.41, 5.74) is 0.229. The SMILES string of the molecule is C=C1CC(C(=O)O)OC1=O. The first-order valence-electron chi connectivity index (χ1n) is 2.73. The van der Waals surface area contributed by atoms with Crippen molar-refractivity contribution in [3.8, 4) is 0 Å². The van der Waals surface area contributed by atoms with Crippen LogP contribution in [0.3, 0.4) is 0 Å². The zero-order valence-electron chi connectivity index (χ0n) is 5.16. The summed E-state index contributed by atoms with van der Waals surface area (Å²) in [6, 6.07) is 0. The maximum atomic E-state index is 10.5. The Bertz CT molecular complexity index is 190. The molecule has 1 fully saturated rings. The average Bonchev–Trinajstić information content (AvgIpc) is 2.13. The smallest absolute Gasteiger partial charge is 0.345 e. The number of ether oxygens (including phenoxy) is 1. The van der Waals surface area contributed by atoms with Crippen molar-refractivity contribution >= 4 is 11.9 Å². The molecule has 1 aliphatic rings. The topological polar surface area (TPSA) is 63.6 Å². The molecule has 4 nitrogen and oxygen atoms in total. The van der Waals surface area contributed by atoms with E-state index in [1.165, 1.54) is 0 Å². The van der Waals surface area contributed by atoms with Crippen LogP contribution < -0.4 is 0 Å². The number of cyclic esters (lactones) is 1. The van der Waals surface area contributed by atoms with E-state index in [1.807, 2.05) is 0 Å². The minimum absolute atomic E-state index is 0.105. The van der Waals surface area contributed by atoms with Crippen LogP contribution in [0.5, 0.6) is 0 Å². The number of hydrogen-bond donors (Lipinski definition) is 1. The highest BCUT2D eigenvalue weighted by Gasteiger charge is 2.32. The third kappa shape index (κ3) is 1.00. The summed E-state index contributed by atoms with van der Waals surface area (Å²) in [6.45, 7) is 3.33. The van der Waals surface area contributed by atoms with Crippen LogP contribution in [0.25, 0.3) is 0 Å². The van der Waals surface area contributed by atoms with Crippen LogP contribution in [0.1, 0.15) is 6.42 Å². The van der Waals surface area contributed by atoms with Crippen molar-refractivity contribution < 1.29 is 19.4 Å². The Morgan fingerprint density at radius 2 is 2.40 bits per heavy atom. The summed E-state index contributed by atoms with van der Waals surface area (Å²) >= 11 is 0. The molecule has 1 unspecified atom stereocenters. The zero-order valence-corrected chi connectivity index (χ0v) is 5.16. The number of carbonyl (C=O) groups excluding carboxylic acids is 1. The molecule has 0 aromatic rings. The van der Waals surface area contributed by atoms with Gasteiger partial charge in [-0.1, -0.05) is 6.58 Å². The van der Waals surface area contributed by atoms with Crippen LogP contribution in [0.2, 0.25) is 0 Å².